The molecule has 0 unspecified atom stereocenters. The second kappa shape index (κ2) is 7.46. The molecule has 0 aromatic heterocycles. The summed E-state index contributed by atoms with van der Waals surface area (Å²) in [7, 11) is 0. The molecule has 160 valence electrons. The van der Waals surface area contributed by atoms with E-state index >= 15 is 0 Å². The third-order valence-electron chi connectivity index (χ3n) is 10.9. The summed E-state index contributed by atoms with van der Waals surface area (Å²) in [6, 6.07) is 0. The Morgan fingerprint density at radius 2 is 1.64 bits per heavy atom. The normalized spacial score (nSPS) is 46.5. The van der Waals surface area contributed by atoms with Crippen LogP contribution >= 0.6 is 0 Å². The van der Waals surface area contributed by atoms with Crippen LogP contribution in [0.2, 0.25) is 0 Å². The van der Waals surface area contributed by atoms with E-state index in [1.165, 1.54) is 77.0 Å². The summed E-state index contributed by atoms with van der Waals surface area (Å²) >= 11 is 0. The number of rotatable bonds is 5. The Balaban J connectivity index is 1.53. The zero-order chi connectivity index (χ0) is 20.2. The maximum atomic E-state index is 2.80. The van der Waals surface area contributed by atoms with Crippen LogP contribution in [0.3, 0.4) is 0 Å². The predicted molar refractivity (Wildman–Crippen MR) is 122 cm³/mol. The smallest absolute Gasteiger partial charge is 0.0141 e. The summed E-state index contributed by atoms with van der Waals surface area (Å²) < 4.78 is 0. The molecule has 0 aromatic carbocycles. The third kappa shape index (κ3) is 3.15. The average molecular weight is 385 g/mol. The van der Waals surface area contributed by atoms with Crippen molar-refractivity contribution in [2.45, 2.75) is 119 Å². The maximum Gasteiger partial charge on any atom is -0.0141 e. The van der Waals surface area contributed by atoms with Crippen molar-refractivity contribution in [3.05, 3.63) is 11.6 Å². The number of fused-ring (bicyclic) bond motifs is 5. The first-order chi connectivity index (χ1) is 13.2. The standard InChI is InChI=1S/C28H48/c1-20(2)10-9-11-21(3)23-12-13-24-22-14-18-26(4)16-7-8-17-28(26,6)25(22)15-19-27(23,24)5/h14,20-21,23-25H,7-13,15-19H2,1-6H3/t21-,23-,24+,25+,26+,27-,28-/m1/s1. The quantitative estimate of drug-likeness (QED) is 0.415. The topological polar surface area (TPSA) is 0 Å². The first-order valence-corrected chi connectivity index (χ1v) is 12.9. The molecule has 0 heteroatoms. The van der Waals surface area contributed by atoms with E-state index in [2.05, 4.69) is 47.6 Å². The SMILES string of the molecule is CC(C)CCC[C@@H](C)[C@H]1CC[C@H]2C3=CC[C@]4(C)CCCC[C@]4(C)[C@H]3CC[C@]12C. The molecule has 4 aliphatic carbocycles. The summed E-state index contributed by atoms with van der Waals surface area (Å²) in [6.45, 7) is 15.4. The molecule has 28 heavy (non-hydrogen) atoms. The molecule has 4 aliphatic rings. The molecule has 0 amide bonds. The van der Waals surface area contributed by atoms with Crippen molar-refractivity contribution < 1.29 is 0 Å². The van der Waals surface area contributed by atoms with E-state index in [9.17, 15) is 0 Å². The van der Waals surface area contributed by atoms with Crippen molar-refractivity contribution >= 4 is 0 Å². The van der Waals surface area contributed by atoms with Gasteiger partial charge in [-0.05, 0) is 90.8 Å². The lowest BCUT2D eigenvalue weighted by Gasteiger charge is -2.61. The highest BCUT2D eigenvalue weighted by atomic mass is 14.6. The van der Waals surface area contributed by atoms with Crippen LogP contribution in [-0.4, -0.2) is 0 Å². The van der Waals surface area contributed by atoms with Crippen molar-refractivity contribution in [3.8, 4) is 0 Å². The molecule has 7 atom stereocenters. The highest BCUT2D eigenvalue weighted by molar-refractivity contribution is 5.29. The Hall–Kier alpha value is -0.260. The number of hydrogen-bond donors (Lipinski definition) is 0. The summed E-state index contributed by atoms with van der Waals surface area (Å²) in [6.07, 6.45) is 20.4. The minimum Gasteiger partial charge on any atom is -0.0842 e. The van der Waals surface area contributed by atoms with E-state index in [4.69, 9.17) is 0 Å². The van der Waals surface area contributed by atoms with Gasteiger partial charge in [0.25, 0.3) is 0 Å². The Labute approximate surface area is 176 Å². The first kappa shape index (κ1) is 21.0. The van der Waals surface area contributed by atoms with Gasteiger partial charge in [-0.1, -0.05) is 85.3 Å². The summed E-state index contributed by atoms with van der Waals surface area (Å²) in [4.78, 5) is 0. The number of hydrogen-bond acceptors (Lipinski definition) is 0. The van der Waals surface area contributed by atoms with Gasteiger partial charge in [0.1, 0.15) is 0 Å². The van der Waals surface area contributed by atoms with Crippen LogP contribution in [-0.2, 0) is 0 Å². The average Bonchev–Trinajstić information content (AvgIpc) is 2.99. The zero-order valence-electron chi connectivity index (χ0n) is 19.9. The van der Waals surface area contributed by atoms with Crippen LogP contribution < -0.4 is 0 Å². The Morgan fingerprint density at radius 1 is 0.893 bits per heavy atom. The van der Waals surface area contributed by atoms with Gasteiger partial charge in [-0.25, -0.2) is 0 Å². The fourth-order valence-electron chi connectivity index (χ4n) is 8.86. The minimum atomic E-state index is 0.579. The molecular weight excluding hydrogens is 336 g/mol. The van der Waals surface area contributed by atoms with E-state index in [0.29, 0.717) is 16.2 Å². The molecule has 0 N–H and O–H groups in total. The lowest BCUT2D eigenvalue weighted by atomic mass is 9.43. The minimum absolute atomic E-state index is 0.579. The molecule has 3 fully saturated rings. The highest BCUT2D eigenvalue weighted by Crippen LogP contribution is 2.69. The van der Waals surface area contributed by atoms with Crippen LogP contribution in [0, 0.1) is 45.8 Å². The molecule has 4 rings (SSSR count). The van der Waals surface area contributed by atoms with Crippen LogP contribution in [0.5, 0.6) is 0 Å². The maximum absolute atomic E-state index is 2.80. The van der Waals surface area contributed by atoms with Crippen molar-refractivity contribution in [3.63, 3.8) is 0 Å². The lowest BCUT2D eigenvalue weighted by molar-refractivity contribution is -0.0628. The van der Waals surface area contributed by atoms with Crippen LogP contribution in [0.15, 0.2) is 11.6 Å². The molecule has 0 heterocycles. The van der Waals surface area contributed by atoms with Gasteiger partial charge in [-0.3, -0.25) is 0 Å². The molecular formula is C28H48. The molecule has 3 saturated carbocycles. The Kier molecular flexibility index (Phi) is 5.59. The molecule has 0 bridgehead atoms. The summed E-state index contributed by atoms with van der Waals surface area (Å²) in [5, 5.41) is 0. The van der Waals surface area contributed by atoms with Gasteiger partial charge in [0.05, 0.1) is 0 Å². The zero-order valence-corrected chi connectivity index (χ0v) is 19.9. The molecule has 0 spiro atoms. The van der Waals surface area contributed by atoms with Crippen LogP contribution in [0.4, 0.5) is 0 Å². The second-order valence-electron chi connectivity index (χ2n) is 12.7. The second-order valence-corrected chi connectivity index (χ2v) is 12.7. The van der Waals surface area contributed by atoms with Crippen molar-refractivity contribution in [1.29, 1.82) is 0 Å². The fraction of sp³-hybridized carbons (Fsp3) is 0.929. The molecule has 0 aromatic rings. The van der Waals surface area contributed by atoms with E-state index < -0.39 is 0 Å². The van der Waals surface area contributed by atoms with E-state index in [1.54, 1.807) is 0 Å². The van der Waals surface area contributed by atoms with Crippen LogP contribution in [0.1, 0.15) is 119 Å². The Bertz CT molecular complexity index is 599. The fourth-order valence-corrected chi connectivity index (χ4v) is 8.86. The van der Waals surface area contributed by atoms with Crippen LogP contribution in [0.25, 0.3) is 0 Å². The van der Waals surface area contributed by atoms with Gasteiger partial charge in [0.15, 0.2) is 0 Å². The van der Waals surface area contributed by atoms with Gasteiger partial charge < -0.3 is 0 Å². The highest BCUT2D eigenvalue weighted by Gasteiger charge is 2.60. The van der Waals surface area contributed by atoms with Gasteiger partial charge in [-0.15, -0.1) is 0 Å². The van der Waals surface area contributed by atoms with Crippen molar-refractivity contribution in [2.75, 3.05) is 0 Å². The van der Waals surface area contributed by atoms with Gasteiger partial charge >= 0.3 is 0 Å². The summed E-state index contributed by atoms with van der Waals surface area (Å²) in [5.74, 6) is 4.57. The van der Waals surface area contributed by atoms with Gasteiger partial charge in [0.2, 0.25) is 0 Å². The largest absolute Gasteiger partial charge is 0.0842 e. The first-order valence-electron chi connectivity index (χ1n) is 12.9. The monoisotopic (exact) mass is 384 g/mol. The Morgan fingerprint density at radius 3 is 2.39 bits per heavy atom. The molecule has 0 saturated heterocycles. The molecule has 0 nitrogen and oxygen atoms in total. The van der Waals surface area contributed by atoms with Gasteiger partial charge in [-0.2, -0.15) is 0 Å². The van der Waals surface area contributed by atoms with E-state index in [-0.39, 0.29) is 0 Å². The number of allylic oxidation sites excluding steroid dienone is 2. The van der Waals surface area contributed by atoms with Gasteiger partial charge in [0, 0.05) is 0 Å². The summed E-state index contributed by atoms with van der Waals surface area (Å²) in [5.41, 5.74) is 3.71. The molecule has 0 aliphatic heterocycles. The molecule has 0 radical (unpaired) electrons. The van der Waals surface area contributed by atoms with E-state index in [0.717, 1.165) is 29.6 Å². The van der Waals surface area contributed by atoms with Crippen molar-refractivity contribution in [2.24, 2.45) is 45.8 Å². The lowest BCUT2D eigenvalue weighted by Crippen LogP contribution is -2.52. The third-order valence-corrected chi connectivity index (χ3v) is 10.9. The van der Waals surface area contributed by atoms with Crippen molar-refractivity contribution in [1.82, 2.24) is 0 Å². The van der Waals surface area contributed by atoms with E-state index in [1.807, 2.05) is 5.57 Å². The predicted octanol–water partition coefficient (Wildman–Crippen LogP) is 8.81.